The molecule has 0 bridgehead atoms. The number of rotatable bonds is 9. The van der Waals surface area contributed by atoms with E-state index in [1.165, 1.54) is 38.4 Å². The molecule has 1 aliphatic rings. The average molecular weight is 538 g/mol. The summed E-state index contributed by atoms with van der Waals surface area (Å²) in [5.41, 5.74) is 1.11. The smallest absolute Gasteiger partial charge is 0.300 e. The number of aliphatic hydroxyl groups is 1. The van der Waals surface area contributed by atoms with E-state index in [0.29, 0.717) is 35.1 Å². The number of carbonyl (C=O) groups is 2. The van der Waals surface area contributed by atoms with E-state index in [9.17, 15) is 14.7 Å². The molecule has 1 amide bonds. The number of amides is 1. The third-order valence-corrected chi connectivity index (χ3v) is 6.49. The number of halogens is 1. The summed E-state index contributed by atoms with van der Waals surface area (Å²) in [6, 6.07) is 15.8. The Balaban J connectivity index is 1.92. The summed E-state index contributed by atoms with van der Waals surface area (Å²) in [6.07, 6.45) is 0.853. The summed E-state index contributed by atoms with van der Waals surface area (Å²) in [6.45, 7) is 2.57. The van der Waals surface area contributed by atoms with Crippen LogP contribution >= 0.6 is 11.6 Å². The molecule has 1 heterocycles. The first-order chi connectivity index (χ1) is 18.3. The van der Waals surface area contributed by atoms with Gasteiger partial charge in [0.1, 0.15) is 28.8 Å². The van der Waals surface area contributed by atoms with Crippen LogP contribution in [0.5, 0.6) is 23.0 Å². The zero-order valence-electron chi connectivity index (χ0n) is 21.5. The van der Waals surface area contributed by atoms with Gasteiger partial charge in [0.15, 0.2) is 0 Å². The first-order valence-electron chi connectivity index (χ1n) is 11.9. The van der Waals surface area contributed by atoms with Gasteiger partial charge in [-0.05, 0) is 54.4 Å². The van der Waals surface area contributed by atoms with E-state index in [-0.39, 0.29) is 21.9 Å². The second kappa shape index (κ2) is 11.5. The van der Waals surface area contributed by atoms with Crippen molar-refractivity contribution in [1.82, 2.24) is 0 Å². The lowest BCUT2D eigenvalue weighted by atomic mass is 9.94. The number of ketones is 1. The maximum atomic E-state index is 13.5. The molecule has 0 radical (unpaired) electrons. The van der Waals surface area contributed by atoms with Gasteiger partial charge in [0.25, 0.3) is 11.7 Å². The summed E-state index contributed by atoms with van der Waals surface area (Å²) in [5, 5.41) is 11.7. The van der Waals surface area contributed by atoms with Crippen molar-refractivity contribution in [2.24, 2.45) is 0 Å². The predicted octanol–water partition coefficient (Wildman–Crippen LogP) is 5.78. The molecule has 0 aromatic heterocycles. The van der Waals surface area contributed by atoms with Crippen LogP contribution in [0.2, 0.25) is 5.02 Å². The van der Waals surface area contributed by atoms with Gasteiger partial charge in [0.05, 0.1) is 50.1 Å². The highest BCUT2D eigenvalue weighted by Crippen LogP contribution is 2.45. The highest BCUT2D eigenvalue weighted by atomic mass is 35.5. The number of Topliss-reactive ketones (excluding diaryl/α,β-unsaturated/α-hetero) is 1. The van der Waals surface area contributed by atoms with Crippen LogP contribution in [-0.2, 0) is 9.59 Å². The quantitative estimate of drug-likeness (QED) is 0.210. The largest absolute Gasteiger partial charge is 0.507 e. The molecule has 0 saturated carbocycles. The molecule has 8 nitrogen and oxygen atoms in total. The van der Waals surface area contributed by atoms with Crippen molar-refractivity contribution in [3.63, 3.8) is 0 Å². The lowest BCUT2D eigenvalue weighted by Crippen LogP contribution is -2.29. The van der Waals surface area contributed by atoms with Gasteiger partial charge in [-0.25, -0.2) is 0 Å². The Labute approximate surface area is 225 Å². The third-order valence-electron chi connectivity index (χ3n) is 6.19. The Morgan fingerprint density at radius 1 is 0.895 bits per heavy atom. The second-order valence-corrected chi connectivity index (χ2v) is 8.88. The van der Waals surface area contributed by atoms with Gasteiger partial charge < -0.3 is 24.1 Å². The van der Waals surface area contributed by atoms with E-state index in [4.69, 9.17) is 30.5 Å². The number of benzene rings is 3. The lowest BCUT2D eigenvalue weighted by molar-refractivity contribution is -0.132. The molecule has 1 unspecified atom stereocenters. The van der Waals surface area contributed by atoms with Gasteiger partial charge >= 0.3 is 0 Å². The molecule has 1 N–H and O–H groups in total. The Kier molecular flexibility index (Phi) is 8.12. The minimum atomic E-state index is -0.936. The molecule has 0 spiro atoms. The van der Waals surface area contributed by atoms with Crippen LogP contribution < -0.4 is 23.8 Å². The van der Waals surface area contributed by atoms with Crippen molar-refractivity contribution in [1.29, 1.82) is 0 Å². The minimum Gasteiger partial charge on any atom is -0.507 e. The molecule has 4 rings (SSSR count). The molecule has 1 atom stereocenters. The van der Waals surface area contributed by atoms with Gasteiger partial charge in [0.2, 0.25) is 0 Å². The maximum Gasteiger partial charge on any atom is 0.300 e. The molecule has 3 aromatic rings. The topological polar surface area (TPSA) is 94.5 Å². The molecular formula is C29H28ClNO7. The first kappa shape index (κ1) is 26.9. The fourth-order valence-corrected chi connectivity index (χ4v) is 4.55. The van der Waals surface area contributed by atoms with Gasteiger partial charge in [-0.2, -0.15) is 0 Å². The Morgan fingerprint density at radius 2 is 1.53 bits per heavy atom. The number of ether oxygens (including phenoxy) is 4. The van der Waals surface area contributed by atoms with E-state index < -0.39 is 23.5 Å². The summed E-state index contributed by atoms with van der Waals surface area (Å²) in [7, 11) is 4.41. The van der Waals surface area contributed by atoms with Crippen molar-refractivity contribution in [3.05, 3.63) is 82.4 Å². The van der Waals surface area contributed by atoms with Gasteiger partial charge in [-0.3, -0.25) is 14.5 Å². The predicted molar refractivity (Wildman–Crippen MR) is 145 cm³/mol. The number of aliphatic hydroxyl groups excluding tert-OH is 1. The Morgan fingerprint density at radius 3 is 2.11 bits per heavy atom. The Bertz CT molecular complexity index is 1370. The fourth-order valence-electron chi connectivity index (χ4n) is 4.31. The molecule has 9 heteroatoms. The van der Waals surface area contributed by atoms with Crippen LogP contribution in [0.4, 0.5) is 5.69 Å². The number of nitrogens with zero attached hydrogens (tertiary/aromatic N) is 1. The van der Waals surface area contributed by atoms with E-state index in [0.717, 1.165) is 6.42 Å². The maximum absolute atomic E-state index is 13.5. The molecule has 198 valence electrons. The van der Waals surface area contributed by atoms with E-state index in [1.54, 1.807) is 48.5 Å². The highest BCUT2D eigenvalue weighted by Gasteiger charge is 2.47. The number of methoxy groups -OCH3 is 3. The average Bonchev–Trinajstić information content (AvgIpc) is 3.21. The van der Waals surface area contributed by atoms with Crippen molar-refractivity contribution in [2.75, 3.05) is 32.8 Å². The second-order valence-electron chi connectivity index (χ2n) is 8.47. The molecule has 1 aliphatic heterocycles. The van der Waals surface area contributed by atoms with Crippen molar-refractivity contribution in [2.45, 2.75) is 19.4 Å². The first-order valence-corrected chi connectivity index (χ1v) is 12.3. The summed E-state index contributed by atoms with van der Waals surface area (Å²) in [4.78, 5) is 28.2. The van der Waals surface area contributed by atoms with E-state index in [1.807, 2.05) is 6.92 Å². The number of carbonyl (C=O) groups excluding carboxylic acids is 2. The number of anilines is 1. The van der Waals surface area contributed by atoms with Crippen molar-refractivity contribution in [3.8, 4) is 23.0 Å². The SMILES string of the molecule is CCCOc1ccc(C2/C(=C(\O)c3cc(Cl)c(OC)cc3OC)C(=O)C(=O)N2c2ccc(OC)cc2)cc1. The molecule has 1 fully saturated rings. The summed E-state index contributed by atoms with van der Waals surface area (Å²) >= 11 is 6.34. The third kappa shape index (κ3) is 4.99. The number of hydrogen-bond donors (Lipinski definition) is 1. The fraction of sp³-hybridized carbons (Fsp3) is 0.241. The van der Waals surface area contributed by atoms with Crippen LogP contribution in [0.3, 0.4) is 0 Å². The molecule has 1 saturated heterocycles. The molecule has 3 aromatic carbocycles. The summed E-state index contributed by atoms with van der Waals surface area (Å²) in [5.74, 6) is -0.246. The van der Waals surface area contributed by atoms with Crippen LogP contribution in [0, 0.1) is 0 Å². The van der Waals surface area contributed by atoms with Gasteiger partial charge in [-0.1, -0.05) is 30.7 Å². The van der Waals surface area contributed by atoms with Crippen molar-refractivity contribution >= 4 is 34.7 Å². The molecule has 0 aliphatic carbocycles. The van der Waals surface area contributed by atoms with Gasteiger partial charge in [0, 0.05) is 11.8 Å². The lowest BCUT2D eigenvalue weighted by Gasteiger charge is -2.26. The standard InChI is InChI=1S/C29H28ClNO7/c1-5-14-38-20-10-6-17(7-11-20)26-25(27(32)21-15-22(30)24(37-4)16-23(21)36-3)28(33)29(34)31(26)18-8-12-19(35-2)13-9-18/h6-13,15-16,26,32H,5,14H2,1-4H3/b27-25+. The Hall–Kier alpha value is -4.17. The van der Waals surface area contributed by atoms with E-state index >= 15 is 0 Å². The highest BCUT2D eigenvalue weighted by molar-refractivity contribution is 6.51. The van der Waals surface area contributed by atoms with Crippen LogP contribution in [0.1, 0.15) is 30.5 Å². The zero-order valence-corrected chi connectivity index (χ0v) is 22.2. The number of hydrogen-bond acceptors (Lipinski definition) is 7. The van der Waals surface area contributed by atoms with Crippen LogP contribution in [0.15, 0.2) is 66.2 Å². The van der Waals surface area contributed by atoms with Crippen LogP contribution in [0.25, 0.3) is 5.76 Å². The van der Waals surface area contributed by atoms with Gasteiger partial charge in [-0.15, -0.1) is 0 Å². The van der Waals surface area contributed by atoms with Crippen molar-refractivity contribution < 1.29 is 33.6 Å². The molecule has 38 heavy (non-hydrogen) atoms. The van der Waals surface area contributed by atoms with Crippen LogP contribution in [-0.4, -0.2) is 44.7 Å². The minimum absolute atomic E-state index is 0.104. The normalized spacial score (nSPS) is 16.4. The molecular weight excluding hydrogens is 510 g/mol. The summed E-state index contributed by atoms with van der Waals surface area (Å²) < 4.78 is 21.6. The van der Waals surface area contributed by atoms with E-state index in [2.05, 4.69) is 0 Å². The monoisotopic (exact) mass is 537 g/mol. The zero-order chi connectivity index (χ0) is 27.4.